The predicted molar refractivity (Wildman–Crippen MR) is 109 cm³/mol. The maximum absolute atomic E-state index is 13.1. The molecular formula is C22H24FN3O2. The number of aryl methyl sites for hydroxylation is 1. The number of carbonyl (C=O) groups excluding carboxylic acids is 1. The molecule has 0 saturated carbocycles. The molecule has 1 heterocycles. The van der Waals surface area contributed by atoms with Crippen LogP contribution in [0, 0.1) is 12.7 Å². The van der Waals surface area contributed by atoms with E-state index in [0.717, 1.165) is 11.3 Å². The Morgan fingerprint density at radius 2 is 1.89 bits per heavy atom. The predicted octanol–water partition coefficient (Wildman–Crippen LogP) is 4.31. The Morgan fingerprint density at radius 1 is 1.18 bits per heavy atom. The highest BCUT2D eigenvalue weighted by molar-refractivity contribution is 5.90. The number of nitrogens with zero attached hydrogens (tertiary/aromatic N) is 1. The second-order valence-corrected chi connectivity index (χ2v) is 7.16. The van der Waals surface area contributed by atoms with Crippen molar-refractivity contribution in [2.75, 3.05) is 5.32 Å². The molecule has 0 aliphatic carbocycles. The van der Waals surface area contributed by atoms with Crippen molar-refractivity contribution in [3.63, 3.8) is 0 Å². The van der Waals surface area contributed by atoms with Gasteiger partial charge in [0.05, 0.1) is 5.69 Å². The first-order valence-corrected chi connectivity index (χ1v) is 9.31. The highest BCUT2D eigenvalue weighted by atomic mass is 19.1. The molecule has 146 valence electrons. The number of hydrogen-bond acceptors (Lipinski definition) is 2. The third kappa shape index (κ3) is 4.39. The van der Waals surface area contributed by atoms with Crippen LogP contribution in [0.5, 0.6) is 0 Å². The summed E-state index contributed by atoms with van der Waals surface area (Å²) < 4.78 is 14.5. The lowest BCUT2D eigenvalue weighted by Crippen LogP contribution is -2.19. The van der Waals surface area contributed by atoms with E-state index in [1.165, 1.54) is 28.9 Å². The first-order chi connectivity index (χ1) is 13.3. The Morgan fingerprint density at radius 3 is 2.57 bits per heavy atom. The van der Waals surface area contributed by atoms with E-state index in [9.17, 15) is 14.0 Å². The molecular weight excluding hydrogens is 357 g/mol. The molecule has 0 aliphatic rings. The summed E-state index contributed by atoms with van der Waals surface area (Å²) in [6.07, 6.45) is 0.522. The van der Waals surface area contributed by atoms with Crippen LogP contribution in [0.4, 0.5) is 10.1 Å². The Kier molecular flexibility index (Phi) is 5.78. The number of nitrogens with one attached hydrogen (secondary N) is 2. The summed E-state index contributed by atoms with van der Waals surface area (Å²) >= 11 is 0. The molecule has 3 rings (SSSR count). The van der Waals surface area contributed by atoms with Gasteiger partial charge >= 0.3 is 0 Å². The number of benzene rings is 2. The van der Waals surface area contributed by atoms with Gasteiger partial charge in [-0.2, -0.15) is 0 Å². The zero-order valence-corrected chi connectivity index (χ0v) is 16.3. The van der Waals surface area contributed by atoms with Crippen LogP contribution in [0.2, 0.25) is 0 Å². The number of halogens is 1. The fraction of sp³-hybridized carbons (Fsp3) is 0.273. The Hall–Kier alpha value is -3.15. The van der Waals surface area contributed by atoms with Crippen molar-refractivity contribution in [1.82, 2.24) is 9.78 Å². The Labute approximate surface area is 163 Å². The number of hydrogen-bond donors (Lipinski definition) is 2. The fourth-order valence-electron chi connectivity index (χ4n) is 3.09. The van der Waals surface area contributed by atoms with Gasteiger partial charge in [0.25, 0.3) is 5.56 Å². The van der Waals surface area contributed by atoms with Crippen LogP contribution >= 0.6 is 0 Å². The molecule has 0 atom stereocenters. The number of aromatic amines is 1. The number of anilines is 1. The van der Waals surface area contributed by atoms with Gasteiger partial charge in [-0.3, -0.25) is 14.7 Å². The van der Waals surface area contributed by atoms with Gasteiger partial charge in [-0.05, 0) is 61.2 Å². The minimum absolute atomic E-state index is 0.144. The van der Waals surface area contributed by atoms with Crippen LogP contribution in [-0.4, -0.2) is 15.7 Å². The summed E-state index contributed by atoms with van der Waals surface area (Å²) in [7, 11) is 0. The van der Waals surface area contributed by atoms with Crippen molar-refractivity contribution in [1.29, 1.82) is 0 Å². The van der Waals surface area contributed by atoms with Gasteiger partial charge in [-0.25, -0.2) is 9.07 Å². The molecule has 0 saturated heterocycles. The molecule has 0 unspecified atom stereocenters. The van der Waals surface area contributed by atoms with Crippen molar-refractivity contribution in [3.8, 4) is 5.69 Å². The minimum atomic E-state index is -0.362. The normalized spacial score (nSPS) is 11.0. The molecule has 1 amide bonds. The number of H-pyrrole nitrogens is 1. The first-order valence-electron chi connectivity index (χ1n) is 9.31. The van der Waals surface area contributed by atoms with E-state index >= 15 is 0 Å². The molecule has 5 nitrogen and oxygen atoms in total. The minimum Gasteiger partial charge on any atom is -0.326 e. The number of amides is 1. The van der Waals surface area contributed by atoms with Crippen LogP contribution in [0.3, 0.4) is 0 Å². The van der Waals surface area contributed by atoms with Gasteiger partial charge in [0.2, 0.25) is 5.91 Å². The molecule has 0 bridgehead atoms. The molecule has 2 aromatic carbocycles. The lowest BCUT2D eigenvalue weighted by molar-refractivity contribution is -0.116. The Bertz CT molecular complexity index is 1030. The molecule has 6 heteroatoms. The van der Waals surface area contributed by atoms with E-state index in [4.69, 9.17) is 0 Å². The molecule has 0 aliphatic heterocycles. The number of carbonyl (C=O) groups is 1. The SMILES string of the molecule is Cc1[nH]n(-c2ccc(F)cc2)c(=O)c1CCC(=O)Nc1cccc(C(C)C)c1. The Balaban J connectivity index is 1.69. The van der Waals surface area contributed by atoms with Crippen LogP contribution in [0.1, 0.15) is 43.0 Å². The summed E-state index contributed by atoms with van der Waals surface area (Å²) in [5, 5.41) is 5.88. The summed E-state index contributed by atoms with van der Waals surface area (Å²) in [6.45, 7) is 5.99. The molecule has 3 aromatic rings. The molecule has 2 N–H and O–H groups in total. The van der Waals surface area contributed by atoms with Crippen molar-refractivity contribution >= 4 is 11.6 Å². The summed E-state index contributed by atoms with van der Waals surface area (Å²) in [5.41, 5.74) is 3.49. The average molecular weight is 381 g/mol. The van der Waals surface area contributed by atoms with E-state index in [1.807, 2.05) is 24.3 Å². The average Bonchev–Trinajstić information content (AvgIpc) is 2.95. The van der Waals surface area contributed by atoms with Crippen LogP contribution in [0.25, 0.3) is 5.69 Å². The highest BCUT2D eigenvalue weighted by Crippen LogP contribution is 2.19. The standard InChI is InChI=1S/C22H24FN3O2/c1-14(2)16-5-4-6-18(13-16)24-21(27)12-11-20-15(3)25-26(22(20)28)19-9-7-17(23)8-10-19/h4-10,13-14,25H,11-12H2,1-3H3,(H,24,27). The lowest BCUT2D eigenvalue weighted by Gasteiger charge is -2.09. The number of rotatable bonds is 6. The monoisotopic (exact) mass is 381 g/mol. The van der Waals surface area contributed by atoms with E-state index in [-0.39, 0.29) is 23.7 Å². The summed E-state index contributed by atoms with van der Waals surface area (Å²) in [6, 6.07) is 13.4. The molecule has 0 fully saturated rings. The zero-order chi connectivity index (χ0) is 20.3. The van der Waals surface area contributed by atoms with Crippen molar-refractivity contribution in [2.45, 2.75) is 39.5 Å². The van der Waals surface area contributed by atoms with Gasteiger partial charge in [-0.1, -0.05) is 26.0 Å². The van der Waals surface area contributed by atoms with E-state index < -0.39 is 0 Å². The number of aromatic nitrogens is 2. The second kappa shape index (κ2) is 8.25. The van der Waals surface area contributed by atoms with Gasteiger partial charge in [0, 0.05) is 23.4 Å². The van der Waals surface area contributed by atoms with Crippen LogP contribution in [-0.2, 0) is 11.2 Å². The molecule has 1 aromatic heterocycles. The second-order valence-electron chi connectivity index (χ2n) is 7.16. The summed E-state index contributed by atoms with van der Waals surface area (Å²) in [5.74, 6) is -0.128. The largest absolute Gasteiger partial charge is 0.326 e. The van der Waals surface area contributed by atoms with Crippen LogP contribution in [0.15, 0.2) is 53.3 Å². The van der Waals surface area contributed by atoms with Crippen molar-refractivity contribution < 1.29 is 9.18 Å². The molecule has 0 radical (unpaired) electrons. The van der Waals surface area contributed by atoms with Gasteiger partial charge < -0.3 is 5.32 Å². The quantitative estimate of drug-likeness (QED) is 0.668. The maximum Gasteiger partial charge on any atom is 0.274 e. The third-order valence-electron chi connectivity index (χ3n) is 4.72. The van der Waals surface area contributed by atoms with E-state index in [1.54, 1.807) is 6.92 Å². The lowest BCUT2D eigenvalue weighted by atomic mass is 10.0. The van der Waals surface area contributed by atoms with Gasteiger partial charge in [0.15, 0.2) is 0 Å². The third-order valence-corrected chi connectivity index (χ3v) is 4.72. The smallest absolute Gasteiger partial charge is 0.274 e. The maximum atomic E-state index is 13.1. The molecule has 28 heavy (non-hydrogen) atoms. The zero-order valence-electron chi connectivity index (χ0n) is 16.3. The van der Waals surface area contributed by atoms with E-state index in [0.29, 0.717) is 29.3 Å². The van der Waals surface area contributed by atoms with Crippen LogP contribution < -0.4 is 10.9 Å². The van der Waals surface area contributed by atoms with E-state index in [2.05, 4.69) is 24.3 Å². The fourth-order valence-corrected chi connectivity index (χ4v) is 3.09. The summed E-state index contributed by atoms with van der Waals surface area (Å²) in [4.78, 5) is 25.0. The molecule has 0 spiro atoms. The van der Waals surface area contributed by atoms with Crippen molar-refractivity contribution in [2.24, 2.45) is 0 Å². The van der Waals surface area contributed by atoms with Gasteiger partial charge in [0.1, 0.15) is 5.82 Å². The van der Waals surface area contributed by atoms with Crippen molar-refractivity contribution in [3.05, 3.63) is 81.5 Å². The highest BCUT2D eigenvalue weighted by Gasteiger charge is 2.14. The first kappa shape index (κ1) is 19.6. The van der Waals surface area contributed by atoms with Gasteiger partial charge in [-0.15, -0.1) is 0 Å². The topological polar surface area (TPSA) is 66.9 Å².